The highest BCUT2D eigenvalue weighted by Crippen LogP contribution is 2.42. The predicted molar refractivity (Wildman–Crippen MR) is 96.6 cm³/mol. The molecule has 1 heterocycles. The van der Waals surface area contributed by atoms with Gasteiger partial charge in [0.05, 0.1) is 6.61 Å². The van der Waals surface area contributed by atoms with E-state index < -0.39 is 0 Å². The highest BCUT2D eigenvalue weighted by molar-refractivity contribution is 5.85. The van der Waals surface area contributed by atoms with E-state index in [2.05, 4.69) is 34.5 Å². The van der Waals surface area contributed by atoms with Gasteiger partial charge in [-0.15, -0.1) is 24.8 Å². The Morgan fingerprint density at radius 3 is 2.55 bits per heavy atom. The molecule has 0 unspecified atom stereocenters. The Hall–Kier alpha value is -0.480. The molecule has 1 N–H and O–H groups in total. The van der Waals surface area contributed by atoms with Crippen molar-refractivity contribution < 1.29 is 4.74 Å². The third-order valence-corrected chi connectivity index (χ3v) is 4.65. The predicted octanol–water partition coefficient (Wildman–Crippen LogP) is 3.68. The lowest BCUT2D eigenvalue weighted by molar-refractivity contribution is 0.0835. The molecule has 1 saturated carbocycles. The van der Waals surface area contributed by atoms with Gasteiger partial charge in [-0.25, -0.2) is 0 Å². The van der Waals surface area contributed by atoms with Gasteiger partial charge in [0.15, 0.2) is 0 Å². The fourth-order valence-electron chi connectivity index (χ4n) is 3.45. The van der Waals surface area contributed by atoms with Crippen LogP contribution in [0.25, 0.3) is 0 Å². The van der Waals surface area contributed by atoms with Crippen LogP contribution in [0.1, 0.15) is 37.8 Å². The van der Waals surface area contributed by atoms with Gasteiger partial charge in [-0.3, -0.25) is 4.90 Å². The average molecular weight is 347 g/mol. The molecule has 0 amide bonds. The quantitative estimate of drug-likeness (QED) is 0.880. The van der Waals surface area contributed by atoms with Gasteiger partial charge in [0.1, 0.15) is 5.75 Å². The maximum Gasteiger partial charge on any atom is 0.119 e. The van der Waals surface area contributed by atoms with Crippen LogP contribution in [0.15, 0.2) is 24.3 Å². The number of nitrogens with zero attached hydrogens (tertiary/aromatic N) is 1. The van der Waals surface area contributed by atoms with Crippen molar-refractivity contribution in [2.24, 2.45) is 5.92 Å². The molecular formula is C17H28Cl2N2O. The molecule has 126 valence electrons. The Labute approximate surface area is 146 Å². The van der Waals surface area contributed by atoms with Gasteiger partial charge in [0.25, 0.3) is 0 Å². The molecule has 1 aliphatic heterocycles. The average Bonchev–Trinajstić information content (AvgIpc) is 2.44. The summed E-state index contributed by atoms with van der Waals surface area (Å²) in [5, 5.41) is 3.46. The first-order valence-corrected chi connectivity index (χ1v) is 8.06. The Bertz CT molecular complexity index is 434. The lowest BCUT2D eigenvalue weighted by atomic mass is 9.76. The van der Waals surface area contributed by atoms with Crippen LogP contribution in [0.3, 0.4) is 0 Å². The first kappa shape index (κ1) is 19.6. The van der Waals surface area contributed by atoms with Crippen molar-refractivity contribution in [2.45, 2.75) is 32.2 Å². The van der Waals surface area contributed by atoms with E-state index in [4.69, 9.17) is 4.74 Å². The van der Waals surface area contributed by atoms with E-state index in [9.17, 15) is 0 Å². The van der Waals surface area contributed by atoms with E-state index in [0.717, 1.165) is 31.4 Å². The largest absolute Gasteiger partial charge is 0.494 e. The lowest BCUT2D eigenvalue weighted by Crippen LogP contribution is -2.47. The molecule has 1 aliphatic carbocycles. The molecule has 3 rings (SSSR count). The van der Waals surface area contributed by atoms with E-state index in [0.29, 0.717) is 6.04 Å². The second kappa shape index (κ2) is 9.61. The molecule has 2 fully saturated rings. The minimum atomic E-state index is 0. The number of halogens is 2. The zero-order valence-electron chi connectivity index (χ0n) is 13.3. The maximum absolute atomic E-state index is 5.68. The first-order chi connectivity index (χ1) is 9.88. The number of rotatable bonds is 5. The molecule has 1 saturated heterocycles. The highest BCUT2D eigenvalue weighted by atomic mass is 35.5. The van der Waals surface area contributed by atoms with Gasteiger partial charge in [-0.1, -0.05) is 18.6 Å². The molecule has 1 aromatic carbocycles. The van der Waals surface area contributed by atoms with E-state index in [-0.39, 0.29) is 24.8 Å². The van der Waals surface area contributed by atoms with Crippen LogP contribution < -0.4 is 10.1 Å². The summed E-state index contributed by atoms with van der Waals surface area (Å²) in [6, 6.07) is 9.35. The zero-order valence-corrected chi connectivity index (χ0v) is 14.9. The summed E-state index contributed by atoms with van der Waals surface area (Å²) < 4.78 is 5.68. The van der Waals surface area contributed by atoms with Gasteiger partial charge in [0.2, 0.25) is 0 Å². The van der Waals surface area contributed by atoms with Gasteiger partial charge in [0, 0.05) is 32.2 Å². The third kappa shape index (κ3) is 4.51. The van der Waals surface area contributed by atoms with Crippen LogP contribution in [0.4, 0.5) is 0 Å². The van der Waals surface area contributed by atoms with Crippen molar-refractivity contribution in [2.75, 3.05) is 32.8 Å². The summed E-state index contributed by atoms with van der Waals surface area (Å²) in [4.78, 5) is 2.67. The summed E-state index contributed by atoms with van der Waals surface area (Å²) in [6.45, 7) is 7.36. The molecule has 3 nitrogen and oxygen atoms in total. The highest BCUT2D eigenvalue weighted by Gasteiger charge is 2.33. The van der Waals surface area contributed by atoms with Crippen molar-refractivity contribution in [3.05, 3.63) is 29.8 Å². The van der Waals surface area contributed by atoms with Crippen LogP contribution in [0.2, 0.25) is 0 Å². The first-order valence-electron chi connectivity index (χ1n) is 8.06. The Balaban J connectivity index is 0.00000121. The standard InChI is InChI=1S/C17H26N2O.2ClH/c1-2-20-16-8-4-7-15(13-16)17(14-5-3-6-14)19-11-9-18-10-12-19;;/h4,7-8,13-14,17-18H,2-3,5-6,9-12H2,1H3;2*1H/t17-;;/m0../s1. The van der Waals surface area contributed by atoms with Crippen LogP contribution in [0.5, 0.6) is 5.75 Å². The molecular weight excluding hydrogens is 319 g/mol. The summed E-state index contributed by atoms with van der Waals surface area (Å²) >= 11 is 0. The second-order valence-electron chi connectivity index (χ2n) is 5.93. The molecule has 1 atom stereocenters. The summed E-state index contributed by atoms with van der Waals surface area (Å²) in [5.41, 5.74) is 1.45. The molecule has 5 heteroatoms. The van der Waals surface area contributed by atoms with Gasteiger partial charge in [-0.05, 0) is 43.4 Å². The molecule has 0 spiro atoms. The van der Waals surface area contributed by atoms with Crippen molar-refractivity contribution in [1.29, 1.82) is 0 Å². The minimum absolute atomic E-state index is 0. The topological polar surface area (TPSA) is 24.5 Å². The number of benzene rings is 1. The van der Waals surface area contributed by atoms with E-state index in [1.165, 1.54) is 37.9 Å². The Morgan fingerprint density at radius 2 is 1.95 bits per heavy atom. The number of hydrogen-bond donors (Lipinski definition) is 1. The van der Waals surface area contributed by atoms with Crippen molar-refractivity contribution in [3.63, 3.8) is 0 Å². The Morgan fingerprint density at radius 1 is 1.23 bits per heavy atom. The fourth-order valence-corrected chi connectivity index (χ4v) is 3.45. The normalized spacial score (nSPS) is 20.2. The number of piperazine rings is 1. The monoisotopic (exact) mass is 346 g/mol. The van der Waals surface area contributed by atoms with E-state index in [1.54, 1.807) is 0 Å². The molecule has 0 aromatic heterocycles. The molecule has 22 heavy (non-hydrogen) atoms. The fraction of sp³-hybridized carbons (Fsp3) is 0.647. The zero-order chi connectivity index (χ0) is 13.8. The second-order valence-corrected chi connectivity index (χ2v) is 5.93. The van der Waals surface area contributed by atoms with Crippen molar-refractivity contribution >= 4 is 24.8 Å². The summed E-state index contributed by atoms with van der Waals surface area (Å²) in [5.74, 6) is 1.86. The number of nitrogens with one attached hydrogen (secondary N) is 1. The van der Waals surface area contributed by atoms with Gasteiger partial charge < -0.3 is 10.1 Å². The third-order valence-electron chi connectivity index (χ3n) is 4.65. The van der Waals surface area contributed by atoms with Gasteiger partial charge >= 0.3 is 0 Å². The van der Waals surface area contributed by atoms with E-state index >= 15 is 0 Å². The number of ether oxygens (including phenoxy) is 1. The lowest BCUT2D eigenvalue weighted by Gasteiger charge is -2.43. The summed E-state index contributed by atoms with van der Waals surface area (Å²) in [6.07, 6.45) is 4.17. The van der Waals surface area contributed by atoms with Crippen LogP contribution in [-0.4, -0.2) is 37.7 Å². The molecule has 0 bridgehead atoms. The SMILES string of the molecule is CCOc1cccc([C@H](C2CCC2)N2CCNCC2)c1.Cl.Cl. The van der Waals surface area contributed by atoms with E-state index in [1.807, 2.05) is 6.92 Å². The minimum Gasteiger partial charge on any atom is -0.494 e. The number of hydrogen-bond acceptors (Lipinski definition) is 3. The molecule has 2 aliphatic rings. The van der Waals surface area contributed by atoms with Crippen molar-refractivity contribution in [1.82, 2.24) is 10.2 Å². The van der Waals surface area contributed by atoms with Crippen LogP contribution in [0, 0.1) is 5.92 Å². The van der Waals surface area contributed by atoms with Crippen LogP contribution in [-0.2, 0) is 0 Å². The van der Waals surface area contributed by atoms with Gasteiger partial charge in [-0.2, -0.15) is 0 Å². The summed E-state index contributed by atoms with van der Waals surface area (Å²) in [7, 11) is 0. The molecule has 0 radical (unpaired) electrons. The van der Waals surface area contributed by atoms with Crippen LogP contribution >= 0.6 is 24.8 Å². The van der Waals surface area contributed by atoms with Crippen molar-refractivity contribution in [3.8, 4) is 5.75 Å². The molecule has 1 aromatic rings. The maximum atomic E-state index is 5.68. The Kier molecular flexibility index (Phi) is 8.55. The smallest absolute Gasteiger partial charge is 0.119 e.